The van der Waals surface area contributed by atoms with Crippen LogP contribution < -0.4 is 5.32 Å². The first-order chi connectivity index (χ1) is 7.76. The van der Waals surface area contributed by atoms with E-state index in [2.05, 4.69) is 43.1 Å². The third-order valence-electron chi connectivity index (χ3n) is 2.59. The number of hydrogen-bond donors (Lipinski definition) is 1. The fourth-order valence-corrected chi connectivity index (χ4v) is 1.56. The summed E-state index contributed by atoms with van der Waals surface area (Å²) in [4.78, 5) is 0. The Balaban J connectivity index is 2.65. The van der Waals surface area contributed by atoms with Gasteiger partial charge in [0.05, 0.1) is 0 Å². The fourth-order valence-electron chi connectivity index (χ4n) is 1.56. The van der Waals surface area contributed by atoms with Crippen molar-refractivity contribution in [3.63, 3.8) is 0 Å². The van der Waals surface area contributed by atoms with Crippen molar-refractivity contribution in [3.05, 3.63) is 60.5 Å². The Morgan fingerprint density at radius 2 is 2.31 bits per heavy atom. The first kappa shape index (κ1) is 12.6. The Morgan fingerprint density at radius 1 is 1.50 bits per heavy atom. The van der Waals surface area contributed by atoms with Crippen LogP contribution in [0.15, 0.2) is 60.5 Å². The molecule has 86 valence electrons. The van der Waals surface area contributed by atoms with Gasteiger partial charge in [-0.3, -0.25) is 0 Å². The molecule has 0 aromatic carbocycles. The smallest absolute Gasteiger partial charge is 0.0340 e. The number of hydrogen-bond acceptors (Lipinski definition) is 1. The zero-order chi connectivity index (χ0) is 11.8. The summed E-state index contributed by atoms with van der Waals surface area (Å²) >= 11 is 0. The summed E-state index contributed by atoms with van der Waals surface area (Å²) in [6.07, 6.45) is 16.8. The minimum atomic E-state index is 0.744. The van der Waals surface area contributed by atoms with Crippen LogP contribution in [0.1, 0.15) is 26.7 Å². The highest BCUT2D eigenvalue weighted by Crippen LogP contribution is 2.15. The summed E-state index contributed by atoms with van der Waals surface area (Å²) < 4.78 is 0. The maximum atomic E-state index is 3.67. The second-order valence-corrected chi connectivity index (χ2v) is 4.10. The first-order valence-corrected chi connectivity index (χ1v) is 5.85. The van der Waals surface area contributed by atoms with Crippen molar-refractivity contribution in [2.45, 2.75) is 26.7 Å². The van der Waals surface area contributed by atoms with Gasteiger partial charge in [-0.25, -0.2) is 0 Å². The SMILES string of the molecule is C=C/C=C\C(=C/C)NC1=CCC(C)CC=C1. The van der Waals surface area contributed by atoms with Crippen molar-refractivity contribution in [1.29, 1.82) is 0 Å². The van der Waals surface area contributed by atoms with Gasteiger partial charge in [0.15, 0.2) is 0 Å². The van der Waals surface area contributed by atoms with E-state index < -0.39 is 0 Å². The van der Waals surface area contributed by atoms with E-state index in [1.807, 2.05) is 19.1 Å². The Bertz CT molecular complexity index is 342. The molecule has 1 aliphatic rings. The molecular weight excluding hydrogens is 194 g/mol. The lowest BCUT2D eigenvalue weighted by atomic mass is 10.1. The average molecular weight is 215 g/mol. The van der Waals surface area contributed by atoms with Crippen molar-refractivity contribution in [2.24, 2.45) is 5.92 Å². The molecule has 0 aromatic heterocycles. The van der Waals surface area contributed by atoms with Gasteiger partial charge in [-0.1, -0.05) is 43.9 Å². The molecule has 0 amide bonds. The Morgan fingerprint density at radius 3 is 3.00 bits per heavy atom. The summed E-state index contributed by atoms with van der Waals surface area (Å²) in [6.45, 7) is 7.97. The van der Waals surface area contributed by atoms with Gasteiger partial charge in [0.25, 0.3) is 0 Å². The lowest BCUT2D eigenvalue weighted by molar-refractivity contribution is 0.605. The number of rotatable bonds is 4. The highest BCUT2D eigenvalue weighted by Gasteiger charge is 2.03. The molecule has 0 fully saturated rings. The molecule has 0 aliphatic heterocycles. The van der Waals surface area contributed by atoms with Gasteiger partial charge < -0.3 is 5.32 Å². The van der Waals surface area contributed by atoms with Crippen LogP contribution in [0.5, 0.6) is 0 Å². The zero-order valence-corrected chi connectivity index (χ0v) is 10.2. The van der Waals surface area contributed by atoms with Crippen LogP contribution in [-0.4, -0.2) is 0 Å². The van der Waals surface area contributed by atoms with Crippen LogP contribution in [0.3, 0.4) is 0 Å². The highest BCUT2D eigenvalue weighted by molar-refractivity contribution is 5.29. The summed E-state index contributed by atoms with van der Waals surface area (Å²) in [6, 6.07) is 0. The third kappa shape index (κ3) is 4.35. The molecule has 0 saturated heterocycles. The summed E-state index contributed by atoms with van der Waals surface area (Å²) in [5.41, 5.74) is 2.29. The van der Waals surface area contributed by atoms with Gasteiger partial charge in [-0.2, -0.15) is 0 Å². The predicted molar refractivity (Wildman–Crippen MR) is 71.9 cm³/mol. The van der Waals surface area contributed by atoms with Crippen molar-refractivity contribution in [1.82, 2.24) is 5.32 Å². The highest BCUT2D eigenvalue weighted by atomic mass is 14.9. The van der Waals surface area contributed by atoms with E-state index >= 15 is 0 Å². The van der Waals surface area contributed by atoms with E-state index in [9.17, 15) is 0 Å². The lowest BCUT2D eigenvalue weighted by Crippen LogP contribution is -2.09. The monoisotopic (exact) mass is 215 g/mol. The van der Waals surface area contributed by atoms with Crippen molar-refractivity contribution >= 4 is 0 Å². The normalized spacial score (nSPS) is 21.8. The standard InChI is InChI=1S/C15H21N/c1-4-6-9-14(5-2)16-15-10-7-8-13(3)11-12-15/h4-7,9-10,12-13,16H,1,8,11H2,2-3H3/b9-6-,14-5+. The molecule has 0 bridgehead atoms. The molecular formula is C15H21N. The third-order valence-corrected chi connectivity index (χ3v) is 2.59. The van der Waals surface area contributed by atoms with E-state index in [-0.39, 0.29) is 0 Å². The second-order valence-electron chi connectivity index (χ2n) is 4.10. The minimum absolute atomic E-state index is 0.744. The van der Waals surface area contributed by atoms with Crippen LogP contribution in [-0.2, 0) is 0 Å². The molecule has 1 heteroatoms. The van der Waals surface area contributed by atoms with Gasteiger partial charge in [0.2, 0.25) is 0 Å². The second kappa shape index (κ2) is 6.89. The molecule has 0 heterocycles. The quantitative estimate of drug-likeness (QED) is 0.696. The van der Waals surface area contributed by atoms with E-state index in [1.165, 1.54) is 5.70 Å². The fraction of sp³-hybridized carbons (Fsp3) is 0.333. The molecule has 0 radical (unpaired) electrons. The van der Waals surface area contributed by atoms with Gasteiger partial charge in [-0.05, 0) is 37.8 Å². The van der Waals surface area contributed by atoms with Crippen LogP contribution in [0.4, 0.5) is 0 Å². The Kier molecular flexibility index (Phi) is 5.41. The lowest BCUT2D eigenvalue weighted by Gasteiger charge is -2.07. The molecule has 1 rings (SSSR count). The van der Waals surface area contributed by atoms with Crippen LogP contribution in [0, 0.1) is 5.92 Å². The number of allylic oxidation sites excluding steroid dienone is 7. The Hall–Kier alpha value is -1.50. The maximum Gasteiger partial charge on any atom is 0.0340 e. The minimum Gasteiger partial charge on any atom is -0.356 e. The van der Waals surface area contributed by atoms with Gasteiger partial charge >= 0.3 is 0 Å². The van der Waals surface area contributed by atoms with Crippen LogP contribution in [0.2, 0.25) is 0 Å². The molecule has 1 atom stereocenters. The maximum absolute atomic E-state index is 3.67. The van der Waals surface area contributed by atoms with Gasteiger partial charge in [-0.15, -0.1) is 0 Å². The van der Waals surface area contributed by atoms with Crippen LogP contribution in [0.25, 0.3) is 0 Å². The molecule has 0 aromatic rings. The molecule has 1 aliphatic carbocycles. The Labute approximate surface area is 98.9 Å². The van der Waals surface area contributed by atoms with Crippen molar-refractivity contribution in [2.75, 3.05) is 0 Å². The summed E-state index contributed by atoms with van der Waals surface area (Å²) in [5, 5.41) is 3.40. The zero-order valence-electron chi connectivity index (χ0n) is 10.2. The average Bonchev–Trinajstić information content (AvgIpc) is 2.49. The topological polar surface area (TPSA) is 12.0 Å². The molecule has 1 nitrogen and oxygen atoms in total. The van der Waals surface area contributed by atoms with Crippen molar-refractivity contribution < 1.29 is 0 Å². The largest absolute Gasteiger partial charge is 0.356 e. The molecule has 1 N–H and O–H groups in total. The molecule has 0 spiro atoms. The predicted octanol–water partition coefficient (Wildman–Crippen LogP) is 4.09. The molecule has 0 saturated carbocycles. The van der Waals surface area contributed by atoms with Crippen molar-refractivity contribution in [3.8, 4) is 0 Å². The number of nitrogens with one attached hydrogen (secondary N) is 1. The molecule has 16 heavy (non-hydrogen) atoms. The van der Waals surface area contributed by atoms with E-state index in [0.717, 1.165) is 24.5 Å². The van der Waals surface area contributed by atoms with Gasteiger partial charge in [0.1, 0.15) is 0 Å². The first-order valence-electron chi connectivity index (χ1n) is 5.85. The summed E-state index contributed by atoms with van der Waals surface area (Å²) in [5.74, 6) is 0.744. The van der Waals surface area contributed by atoms with E-state index in [1.54, 1.807) is 6.08 Å². The summed E-state index contributed by atoms with van der Waals surface area (Å²) in [7, 11) is 0. The van der Waals surface area contributed by atoms with Crippen LogP contribution >= 0.6 is 0 Å². The molecule has 1 unspecified atom stereocenters. The van der Waals surface area contributed by atoms with E-state index in [0.29, 0.717) is 0 Å². The van der Waals surface area contributed by atoms with Gasteiger partial charge in [0, 0.05) is 11.4 Å². The van der Waals surface area contributed by atoms with E-state index in [4.69, 9.17) is 0 Å².